The number of hydrogen-bond acceptors (Lipinski definition) is 4. The van der Waals surface area contributed by atoms with Crippen molar-refractivity contribution in [3.8, 4) is 5.75 Å². The zero-order chi connectivity index (χ0) is 21.6. The second-order valence-electron chi connectivity index (χ2n) is 7.54. The molecule has 0 bridgehead atoms. The Hall–Kier alpha value is -2.63. The molecule has 1 atom stereocenters. The van der Waals surface area contributed by atoms with Crippen LogP contribution in [0.2, 0.25) is 5.02 Å². The number of aromatic hydroxyl groups is 1. The van der Waals surface area contributed by atoms with Crippen LogP contribution in [0.1, 0.15) is 16.4 Å². The maximum absolute atomic E-state index is 12.9. The number of benzene rings is 3. The van der Waals surface area contributed by atoms with Gasteiger partial charge in [0.05, 0.1) is 11.0 Å². The van der Waals surface area contributed by atoms with E-state index in [4.69, 9.17) is 11.6 Å². The molecule has 0 spiro atoms. The average molecular weight is 453 g/mol. The van der Waals surface area contributed by atoms with E-state index in [1.807, 2.05) is 59.5 Å². The normalized spacial score (nSPS) is 15.0. The van der Waals surface area contributed by atoms with Crippen LogP contribution < -0.4 is 4.90 Å². The molecule has 0 aliphatic carbocycles. The van der Waals surface area contributed by atoms with Gasteiger partial charge in [0.25, 0.3) is 0 Å². The van der Waals surface area contributed by atoms with Gasteiger partial charge in [-0.15, -0.1) is 11.8 Å². The molecule has 160 valence electrons. The van der Waals surface area contributed by atoms with Crippen LogP contribution in [0.3, 0.4) is 0 Å². The molecule has 3 aromatic carbocycles. The summed E-state index contributed by atoms with van der Waals surface area (Å²) in [5.41, 5.74) is 3.31. The van der Waals surface area contributed by atoms with Gasteiger partial charge in [-0.1, -0.05) is 60.1 Å². The van der Waals surface area contributed by atoms with Gasteiger partial charge in [-0.3, -0.25) is 4.79 Å². The molecule has 1 N–H and O–H groups in total. The molecule has 0 radical (unpaired) electrons. The van der Waals surface area contributed by atoms with E-state index in [0.29, 0.717) is 23.9 Å². The van der Waals surface area contributed by atoms with E-state index < -0.39 is 0 Å². The third-order valence-corrected chi connectivity index (χ3v) is 7.02. The quantitative estimate of drug-likeness (QED) is 0.557. The van der Waals surface area contributed by atoms with Gasteiger partial charge >= 0.3 is 0 Å². The van der Waals surface area contributed by atoms with Crippen molar-refractivity contribution in [2.75, 3.05) is 36.8 Å². The van der Waals surface area contributed by atoms with Crippen LogP contribution in [0.25, 0.3) is 0 Å². The number of carbonyl (C=O) groups excluding carboxylic acids is 1. The zero-order valence-corrected chi connectivity index (χ0v) is 18.7. The van der Waals surface area contributed by atoms with Gasteiger partial charge < -0.3 is 14.9 Å². The van der Waals surface area contributed by atoms with E-state index in [1.54, 1.807) is 23.9 Å². The molecule has 6 heteroatoms. The molecule has 1 heterocycles. The van der Waals surface area contributed by atoms with E-state index in [2.05, 4.69) is 17.0 Å². The molecule has 31 heavy (non-hydrogen) atoms. The molecular weight excluding hydrogens is 428 g/mol. The molecule has 4 nitrogen and oxygen atoms in total. The Morgan fingerprint density at radius 3 is 2.26 bits per heavy atom. The summed E-state index contributed by atoms with van der Waals surface area (Å²) >= 11 is 7.72. The first-order chi connectivity index (χ1) is 15.1. The van der Waals surface area contributed by atoms with Crippen LogP contribution in [0.15, 0.2) is 78.9 Å². The van der Waals surface area contributed by atoms with Crippen molar-refractivity contribution < 1.29 is 9.90 Å². The summed E-state index contributed by atoms with van der Waals surface area (Å²) in [6, 6.07) is 25.4. The highest BCUT2D eigenvalue weighted by Crippen LogP contribution is 2.36. The van der Waals surface area contributed by atoms with Crippen LogP contribution in [0, 0.1) is 0 Å². The van der Waals surface area contributed by atoms with Crippen molar-refractivity contribution in [1.82, 2.24) is 4.90 Å². The number of hydrogen-bond donors (Lipinski definition) is 1. The summed E-state index contributed by atoms with van der Waals surface area (Å²) in [6.07, 6.45) is 0. The predicted molar refractivity (Wildman–Crippen MR) is 129 cm³/mol. The van der Waals surface area contributed by atoms with Gasteiger partial charge in [0.15, 0.2) is 0 Å². The molecule has 0 saturated carbocycles. The first kappa shape index (κ1) is 21.6. The van der Waals surface area contributed by atoms with Gasteiger partial charge in [0.1, 0.15) is 5.75 Å². The highest BCUT2D eigenvalue weighted by molar-refractivity contribution is 8.00. The molecule has 1 aliphatic heterocycles. The predicted octanol–water partition coefficient (Wildman–Crippen LogP) is 5.22. The lowest BCUT2D eigenvalue weighted by Crippen LogP contribution is -2.49. The van der Waals surface area contributed by atoms with Gasteiger partial charge in [-0.25, -0.2) is 0 Å². The fourth-order valence-electron chi connectivity index (χ4n) is 3.80. The molecule has 3 aromatic rings. The van der Waals surface area contributed by atoms with Crippen LogP contribution in [-0.2, 0) is 4.79 Å². The topological polar surface area (TPSA) is 43.8 Å². The van der Waals surface area contributed by atoms with E-state index in [9.17, 15) is 9.90 Å². The van der Waals surface area contributed by atoms with Crippen molar-refractivity contribution in [2.24, 2.45) is 0 Å². The van der Waals surface area contributed by atoms with Crippen molar-refractivity contribution >= 4 is 35.0 Å². The largest absolute Gasteiger partial charge is 0.508 e. The number of anilines is 1. The number of phenolic OH excluding ortho intramolecular Hbond substituents is 1. The number of thioether (sulfide) groups is 1. The lowest BCUT2D eigenvalue weighted by atomic mass is 10.0. The van der Waals surface area contributed by atoms with Crippen LogP contribution in [-0.4, -0.2) is 47.8 Å². The van der Waals surface area contributed by atoms with Crippen molar-refractivity contribution in [1.29, 1.82) is 0 Å². The van der Waals surface area contributed by atoms with Gasteiger partial charge in [-0.2, -0.15) is 0 Å². The van der Waals surface area contributed by atoms with E-state index in [-0.39, 0.29) is 16.9 Å². The number of amides is 1. The van der Waals surface area contributed by atoms with Crippen molar-refractivity contribution in [2.45, 2.75) is 5.25 Å². The Morgan fingerprint density at radius 2 is 1.58 bits per heavy atom. The highest BCUT2D eigenvalue weighted by atomic mass is 35.5. The van der Waals surface area contributed by atoms with Crippen LogP contribution >= 0.6 is 23.4 Å². The highest BCUT2D eigenvalue weighted by Gasteiger charge is 2.23. The SMILES string of the molecule is O=C(CSC(c1ccccc1)c1ccc(Cl)cc1)N1CCN(c2cccc(O)c2)CC1. The second kappa shape index (κ2) is 10.1. The number of piperazine rings is 1. The molecule has 1 aliphatic rings. The molecule has 1 amide bonds. The first-order valence-electron chi connectivity index (χ1n) is 10.3. The fourth-order valence-corrected chi connectivity index (χ4v) is 5.12. The maximum Gasteiger partial charge on any atom is 0.232 e. The standard InChI is InChI=1S/C25H25ClN2O2S/c26-21-11-9-20(10-12-21)25(19-5-2-1-3-6-19)31-18-24(30)28-15-13-27(14-16-28)22-7-4-8-23(29)17-22/h1-12,17,25,29H,13-16,18H2. The van der Waals surface area contributed by atoms with Gasteiger partial charge in [0, 0.05) is 43.0 Å². The Labute approximate surface area is 192 Å². The maximum atomic E-state index is 12.9. The van der Waals surface area contributed by atoms with E-state index in [1.165, 1.54) is 5.56 Å². The molecular formula is C25H25ClN2O2S. The summed E-state index contributed by atoms with van der Waals surface area (Å²) in [5, 5.41) is 10.5. The molecule has 1 unspecified atom stereocenters. The van der Waals surface area contributed by atoms with E-state index >= 15 is 0 Å². The van der Waals surface area contributed by atoms with Gasteiger partial charge in [0.2, 0.25) is 5.91 Å². The zero-order valence-electron chi connectivity index (χ0n) is 17.2. The fraction of sp³-hybridized carbons (Fsp3) is 0.240. The third-order valence-electron chi connectivity index (χ3n) is 5.48. The van der Waals surface area contributed by atoms with Gasteiger partial charge in [-0.05, 0) is 35.4 Å². The minimum absolute atomic E-state index is 0.0796. The van der Waals surface area contributed by atoms with Crippen LogP contribution in [0.5, 0.6) is 5.75 Å². The minimum Gasteiger partial charge on any atom is -0.508 e. The Morgan fingerprint density at radius 1 is 0.903 bits per heavy atom. The summed E-state index contributed by atoms with van der Waals surface area (Å²) in [5.74, 6) is 0.853. The number of nitrogens with zero attached hydrogens (tertiary/aromatic N) is 2. The Bertz CT molecular complexity index is 1010. The second-order valence-corrected chi connectivity index (χ2v) is 9.07. The average Bonchev–Trinajstić information content (AvgIpc) is 2.81. The number of halogens is 1. The summed E-state index contributed by atoms with van der Waals surface area (Å²) in [4.78, 5) is 17.1. The number of phenols is 1. The smallest absolute Gasteiger partial charge is 0.232 e. The lowest BCUT2D eigenvalue weighted by Gasteiger charge is -2.36. The third kappa shape index (κ3) is 5.54. The van der Waals surface area contributed by atoms with Crippen molar-refractivity contribution in [3.63, 3.8) is 0 Å². The van der Waals surface area contributed by atoms with Crippen LogP contribution in [0.4, 0.5) is 5.69 Å². The molecule has 1 saturated heterocycles. The Balaban J connectivity index is 1.37. The summed E-state index contributed by atoms with van der Waals surface area (Å²) in [7, 11) is 0. The summed E-state index contributed by atoms with van der Waals surface area (Å²) in [6.45, 7) is 2.90. The summed E-state index contributed by atoms with van der Waals surface area (Å²) < 4.78 is 0. The molecule has 4 rings (SSSR count). The minimum atomic E-state index is 0.0796. The first-order valence-corrected chi connectivity index (χ1v) is 11.8. The van der Waals surface area contributed by atoms with E-state index in [0.717, 1.165) is 24.3 Å². The number of rotatable bonds is 6. The Kier molecular flexibility index (Phi) is 7.05. The molecule has 1 fully saturated rings. The molecule has 0 aromatic heterocycles. The van der Waals surface area contributed by atoms with Crippen molar-refractivity contribution in [3.05, 3.63) is 95.0 Å². The lowest BCUT2D eigenvalue weighted by molar-refractivity contribution is -0.128. The monoisotopic (exact) mass is 452 g/mol. The number of carbonyl (C=O) groups is 1.